The number of rotatable bonds is 2. The number of hydrogen-bond acceptors (Lipinski definition) is 3. The third kappa shape index (κ3) is 1.21. The van der Waals surface area contributed by atoms with Crippen LogP contribution in [0.1, 0.15) is 0 Å². The highest BCUT2D eigenvalue weighted by Gasteiger charge is 1.98. The maximum atomic E-state index is 8.41. The van der Waals surface area contributed by atoms with Crippen molar-refractivity contribution in [2.45, 2.75) is 0 Å². The molecular formula is C5H10N2O. The van der Waals surface area contributed by atoms with Crippen molar-refractivity contribution in [3.05, 3.63) is 12.3 Å². The predicted molar refractivity (Wildman–Crippen MR) is 30.9 cm³/mol. The van der Waals surface area contributed by atoms with E-state index in [1.54, 1.807) is 0 Å². The number of aliphatic hydroxyl groups excluding tert-OH is 1. The van der Waals surface area contributed by atoms with E-state index in [1.807, 2.05) is 17.3 Å². The van der Waals surface area contributed by atoms with E-state index in [4.69, 9.17) is 5.11 Å². The molecule has 8 heavy (non-hydrogen) atoms. The highest BCUT2D eigenvalue weighted by atomic mass is 16.3. The highest BCUT2D eigenvalue weighted by Crippen LogP contribution is 1.89. The molecule has 0 aromatic heterocycles. The van der Waals surface area contributed by atoms with Crippen LogP contribution in [-0.4, -0.2) is 29.8 Å². The molecule has 1 rings (SSSR count). The van der Waals surface area contributed by atoms with E-state index in [9.17, 15) is 0 Å². The molecule has 3 nitrogen and oxygen atoms in total. The first kappa shape index (κ1) is 5.59. The van der Waals surface area contributed by atoms with Crippen molar-refractivity contribution in [1.82, 2.24) is 10.4 Å². The SMILES string of the molecule is OCCN1C=CCN1. The third-order valence-corrected chi connectivity index (χ3v) is 1.04. The van der Waals surface area contributed by atoms with E-state index in [1.165, 1.54) is 0 Å². The summed E-state index contributed by atoms with van der Waals surface area (Å²) in [5.41, 5.74) is 3.02. The molecule has 0 bridgehead atoms. The molecule has 2 N–H and O–H groups in total. The van der Waals surface area contributed by atoms with Crippen molar-refractivity contribution in [3.63, 3.8) is 0 Å². The van der Waals surface area contributed by atoms with Crippen molar-refractivity contribution in [2.75, 3.05) is 19.7 Å². The maximum absolute atomic E-state index is 8.41. The van der Waals surface area contributed by atoms with Gasteiger partial charge in [-0.15, -0.1) is 0 Å². The van der Waals surface area contributed by atoms with E-state index < -0.39 is 0 Å². The number of nitrogens with zero attached hydrogens (tertiary/aromatic N) is 1. The average Bonchev–Trinajstić information content (AvgIpc) is 2.19. The van der Waals surface area contributed by atoms with E-state index >= 15 is 0 Å². The molecule has 1 heterocycles. The number of hydrazine groups is 1. The van der Waals surface area contributed by atoms with Crippen LogP contribution in [0.3, 0.4) is 0 Å². The maximum Gasteiger partial charge on any atom is 0.0622 e. The highest BCUT2D eigenvalue weighted by molar-refractivity contribution is 4.88. The van der Waals surface area contributed by atoms with Crippen molar-refractivity contribution < 1.29 is 5.11 Å². The topological polar surface area (TPSA) is 35.5 Å². The third-order valence-electron chi connectivity index (χ3n) is 1.04. The molecule has 0 fully saturated rings. The number of nitrogens with one attached hydrogen (secondary N) is 1. The predicted octanol–water partition coefficient (Wildman–Crippen LogP) is -0.687. The summed E-state index contributed by atoms with van der Waals surface area (Å²) in [5, 5.41) is 10.3. The Bertz CT molecular complexity index is 92.4. The van der Waals surface area contributed by atoms with Gasteiger partial charge in [-0.1, -0.05) is 6.08 Å². The van der Waals surface area contributed by atoms with Gasteiger partial charge in [0.15, 0.2) is 0 Å². The van der Waals surface area contributed by atoms with Crippen molar-refractivity contribution in [3.8, 4) is 0 Å². The molecule has 0 aromatic carbocycles. The zero-order valence-corrected chi connectivity index (χ0v) is 4.67. The summed E-state index contributed by atoms with van der Waals surface area (Å²) in [6.45, 7) is 1.77. The average molecular weight is 114 g/mol. The first-order valence-corrected chi connectivity index (χ1v) is 2.71. The van der Waals surface area contributed by atoms with Gasteiger partial charge >= 0.3 is 0 Å². The molecule has 0 atom stereocenters. The summed E-state index contributed by atoms with van der Waals surface area (Å²) >= 11 is 0. The fourth-order valence-corrected chi connectivity index (χ4v) is 0.664. The molecule has 1 aliphatic rings. The van der Waals surface area contributed by atoms with Crippen molar-refractivity contribution >= 4 is 0 Å². The molecule has 0 unspecified atom stereocenters. The summed E-state index contributed by atoms with van der Waals surface area (Å²) < 4.78 is 0. The van der Waals surface area contributed by atoms with Gasteiger partial charge in [-0.2, -0.15) is 0 Å². The summed E-state index contributed by atoms with van der Waals surface area (Å²) in [6, 6.07) is 0. The summed E-state index contributed by atoms with van der Waals surface area (Å²) in [6.07, 6.45) is 3.94. The molecule has 0 aromatic rings. The van der Waals surface area contributed by atoms with Crippen LogP contribution < -0.4 is 5.43 Å². The second-order valence-electron chi connectivity index (χ2n) is 1.66. The van der Waals surface area contributed by atoms with Crippen LogP contribution in [0.4, 0.5) is 0 Å². The lowest BCUT2D eigenvalue weighted by molar-refractivity contribution is 0.210. The molecule has 1 aliphatic heterocycles. The Kier molecular flexibility index (Phi) is 1.88. The van der Waals surface area contributed by atoms with Crippen molar-refractivity contribution in [2.24, 2.45) is 0 Å². The van der Waals surface area contributed by atoms with Gasteiger partial charge in [0.1, 0.15) is 0 Å². The zero-order chi connectivity index (χ0) is 5.82. The van der Waals surface area contributed by atoms with Crippen LogP contribution in [-0.2, 0) is 0 Å². The fraction of sp³-hybridized carbons (Fsp3) is 0.600. The molecule has 0 radical (unpaired) electrons. The largest absolute Gasteiger partial charge is 0.394 e. The van der Waals surface area contributed by atoms with Gasteiger partial charge in [0.05, 0.1) is 13.2 Å². The second kappa shape index (κ2) is 2.69. The van der Waals surface area contributed by atoms with Gasteiger partial charge in [-0.3, -0.25) is 0 Å². The lowest BCUT2D eigenvalue weighted by atomic mass is 10.6. The lowest BCUT2D eigenvalue weighted by Gasteiger charge is -2.12. The van der Waals surface area contributed by atoms with Crippen LogP contribution in [0.2, 0.25) is 0 Å². The number of β-amino-alcohol motifs (C(OH)–C–C–N with tert-alkyl or cyclic N) is 1. The Labute approximate surface area is 48.6 Å². The van der Waals surface area contributed by atoms with Gasteiger partial charge in [0.2, 0.25) is 0 Å². The second-order valence-corrected chi connectivity index (χ2v) is 1.66. The van der Waals surface area contributed by atoms with Crippen LogP contribution in [0.15, 0.2) is 12.3 Å². The minimum atomic E-state index is 0.206. The van der Waals surface area contributed by atoms with E-state index in [-0.39, 0.29) is 6.61 Å². The van der Waals surface area contributed by atoms with E-state index in [0.717, 1.165) is 6.54 Å². The van der Waals surface area contributed by atoms with Gasteiger partial charge < -0.3 is 10.1 Å². The van der Waals surface area contributed by atoms with Crippen LogP contribution in [0.25, 0.3) is 0 Å². The van der Waals surface area contributed by atoms with Gasteiger partial charge in [0, 0.05) is 12.7 Å². The smallest absolute Gasteiger partial charge is 0.0622 e. The minimum absolute atomic E-state index is 0.206. The quantitative estimate of drug-likeness (QED) is 0.499. The van der Waals surface area contributed by atoms with Crippen LogP contribution in [0.5, 0.6) is 0 Å². The molecule has 46 valence electrons. The molecule has 0 saturated heterocycles. The molecule has 3 heteroatoms. The Morgan fingerprint density at radius 2 is 2.62 bits per heavy atom. The Hall–Kier alpha value is -0.540. The van der Waals surface area contributed by atoms with Gasteiger partial charge in [-0.05, 0) is 0 Å². The Morgan fingerprint density at radius 1 is 1.75 bits per heavy atom. The number of aliphatic hydroxyl groups is 1. The monoisotopic (exact) mass is 114 g/mol. The zero-order valence-electron chi connectivity index (χ0n) is 4.67. The molecule has 0 spiro atoms. The van der Waals surface area contributed by atoms with Gasteiger partial charge in [-0.25, -0.2) is 5.43 Å². The summed E-state index contributed by atoms with van der Waals surface area (Å²) in [4.78, 5) is 0. The van der Waals surface area contributed by atoms with Gasteiger partial charge in [0.25, 0.3) is 0 Å². The van der Waals surface area contributed by atoms with Crippen molar-refractivity contribution in [1.29, 1.82) is 0 Å². The van der Waals surface area contributed by atoms with Crippen LogP contribution >= 0.6 is 0 Å². The molecular weight excluding hydrogens is 104 g/mol. The Morgan fingerprint density at radius 3 is 3.12 bits per heavy atom. The molecule has 0 aliphatic carbocycles. The molecule has 0 amide bonds. The fourth-order valence-electron chi connectivity index (χ4n) is 0.664. The van der Waals surface area contributed by atoms with Crippen LogP contribution in [0, 0.1) is 0 Å². The summed E-state index contributed by atoms with van der Waals surface area (Å²) in [5.74, 6) is 0. The summed E-state index contributed by atoms with van der Waals surface area (Å²) in [7, 11) is 0. The lowest BCUT2D eigenvalue weighted by Crippen LogP contribution is -2.30. The Balaban J connectivity index is 2.16. The normalized spacial score (nSPS) is 17.9. The first-order valence-electron chi connectivity index (χ1n) is 2.71. The standard InChI is InChI=1S/C5H10N2O/c8-5-4-7-3-1-2-6-7/h1,3,6,8H,2,4-5H2. The van der Waals surface area contributed by atoms with E-state index in [0.29, 0.717) is 6.54 Å². The van der Waals surface area contributed by atoms with E-state index in [2.05, 4.69) is 5.43 Å². The first-order chi connectivity index (χ1) is 3.93. The number of hydrogen-bond donors (Lipinski definition) is 2. The molecule has 0 saturated carbocycles. The minimum Gasteiger partial charge on any atom is -0.394 e.